The van der Waals surface area contributed by atoms with Crippen LogP contribution < -0.4 is 10.5 Å². The van der Waals surface area contributed by atoms with E-state index in [4.69, 9.17) is 15.6 Å². The fourth-order valence-electron chi connectivity index (χ4n) is 2.27. The van der Waals surface area contributed by atoms with Crippen LogP contribution in [0.1, 0.15) is 25.7 Å². The normalized spacial score (nSPS) is 23.0. The molecular formula is C12H17N3O4. The second-order valence-electron chi connectivity index (χ2n) is 4.75. The fraction of sp³-hybridized carbons (Fsp3) is 0.583. The second-order valence-corrected chi connectivity index (χ2v) is 4.75. The van der Waals surface area contributed by atoms with Gasteiger partial charge in [0.2, 0.25) is 11.7 Å². The molecule has 0 atom stereocenters. The summed E-state index contributed by atoms with van der Waals surface area (Å²) in [5.74, 6) is 0.539. The standard InChI is InChI=1S/C12H17N3O4/c13-12-10(15(17)18)5-6-11(14-12)19-9-3-1-8(7-16)2-4-9/h5-6,8-9,16H,1-4,7H2,(H2,13,14). The van der Waals surface area contributed by atoms with E-state index < -0.39 is 4.92 Å². The van der Waals surface area contributed by atoms with Crippen molar-refractivity contribution in [3.63, 3.8) is 0 Å². The van der Waals surface area contributed by atoms with Crippen LogP contribution in [-0.2, 0) is 0 Å². The zero-order valence-electron chi connectivity index (χ0n) is 10.5. The fourth-order valence-corrected chi connectivity index (χ4v) is 2.27. The van der Waals surface area contributed by atoms with E-state index in [0.717, 1.165) is 25.7 Å². The van der Waals surface area contributed by atoms with Crippen molar-refractivity contribution < 1.29 is 14.8 Å². The monoisotopic (exact) mass is 267 g/mol. The van der Waals surface area contributed by atoms with Gasteiger partial charge in [0.15, 0.2) is 0 Å². The van der Waals surface area contributed by atoms with Crippen LogP contribution in [-0.4, -0.2) is 27.7 Å². The van der Waals surface area contributed by atoms with Gasteiger partial charge in [-0.1, -0.05) is 0 Å². The lowest BCUT2D eigenvalue weighted by molar-refractivity contribution is -0.384. The Morgan fingerprint density at radius 1 is 1.42 bits per heavy atom. The molecule has 1 fully saturated rings. The summed E-state index contributed by atoms with van der Waals surface area (Å²) in [7, 11) is 0. The number of hydrogen-bond donors (Lipinski definition) is 2. The molecule has 0 aliphatic heterocycles. The van der Waals surface area contributed by atoms with Crippen molar-refractivity contribution in [1.29, 1.82) is 0 Å². The number of anilines is 1. The van der Waals surface area contributed by atoms with Gasteiger partial charge in [0.1, 0.15) is 6.10 Å². The third-order valence-corrected chi connectivity index (χ3v) is 3.41. The molecule has 1 aliphatic carbocycles. The maximum atomic E-state index is 10.6. The van der Waals surface area contributed by atoms with E-state index >= 15 is 0 Å². The highest BCUT2D eigenvalue weighted by Crippen LogP contribution is 2.28. The molecule has 1 aliphatic rings. The van der Waals surface area contributed by atoms with Crippen molar-refractivity contribution in [3.05, 3.63) is 22.2 Å². The summed E-state index contributed by atoms with van der Waals surface area (Å²) in [6.45, 7) is 0.218. The Hall–Kier alpha value is -1.89. The molecule has 0 aromatic carbocycles. The van der Waals surface area contributed by atoms with Gasteiger partial charge in [-0.3, -0.25) is 10.1 Å². The third kappa shape index (κ3) is 3.31. The van der Waals surface area contributed by atoms with Gasteiger partial charge >= 0.3 is 5.69 Å². The minimum absolute atomic E-state index is 0.0381. The van der Waals surface area contributed by atoms with Crippen molar-refractivity contribution in [2.24, 2.45) is 5.92 Å². The van der Waals surface area contributed by atoms with Gasteiger partial charge in [-0.05, 0) is 31.6 Å². The topological polar surface area (TPSA) is 112 Å². The number of aliphatic hydroxyl groups excluding tert-OH is 1. The Labute approximate surface area is 110 Å². The predicted octanol–water partition coefficient (Wildman–Crippen LogP) is 1.50. The molecule has 2 rings (SSSR count). The molecule has 19 heavy (non-hydrogen) atoms. The Morgan fingerprint density at radius 3 is 2.63 bits per heavy atom. The van der Waals surface area contributed by atoms with E-state index in [1.165, 1.54) is 12.1 Å². The molecule has 0 unspecified atom stereocenters. The van der Waals surface area contributed by atoms with Crippen LogP contribution in [0.2, 0.25) is 0 Å². The van der Waals surface area contributed by atoms with E-state index in [9.17, 15) is 10.1 Å². The maximum absolute atomic E-state index is 10.6. The lowest BCUT2D eigenvalue weighted by Crippen LogP contribution is -2.25. The molecule has 7 nitrogen and oxygen atoms in total. The Balaban J connectivity index is 1.97. The molecule has 1 heterocycles. The van der Waals surface area contributed by atoms with Crippen molar-refractivity contribution in [2.75, 3.05) is 12.3 Å². The molecule has 0 radical (unpaired) electrons. The molecule has 0 bridgehead atoms. The number of pyridine rings is 1. The molecule has 1 aromatic heterocycles. The first-order valence-corrected chi connectivity index (χ1v) is 6.28. The zero-order valence-corrected chi connectivity index (χ0v) is 10.5. The molecule has 104 valence electrons. The minimum atomic E-state index is -0.571. The van der Waals surface area contributed by atoms with E-state index in [2.05, 4.69) is 4.98 Å². The van der Waals surface area contributed by atoms with Crippen LogP contribution in [0.3, 0.4) is 0 Å². The Bertz CT molecular complexity index is 458. The van der Waals surface area contributed by atoms with Gasteiger partial charge in [0.25, 0.3) is 0 Å². The molecule has 3 N–H and O–H groups in total. The first-order valence-electron chi connectivity index (χ1n) is 6.28. The Kier molecular flexibility index (Phi) is 4.16. The third-order valence-electron chi connectivity index (χ3n) is 3.41. The number of nitro groups is 1. The highest BCUT2D eigenvalue weighted by Gasteiger charge is 2.23. The molecule has 1 aromatic rings. The van der Waals surface area contributed by atoms with Gasteiger partial charge < -0.3 is 15.6 Å². The van der Waals surface area contributed by atoms with Crippen LogP contribution in [0.4, 0.5) is 11.5 Å². The predicted molar refractivity (Wildman–Crippen MR) is 68.8 cm³/mol. The summed E-state index contributed by atoms with van der Waals surface area (Å²) in [5, 5.41) is 19.7. The summed E-state index contributed by atoms with van der Waals surface area (Å²) in [6, 6.07) is 2.77. The van der Waals surface area contributed by atoms with Crippen molar-refractivity contribution in [2.45, 2.75) is 31.8 Å². The summed E-state index contributed by atoms with van der Waals surface area (Å²) in [4.78, 5) is 13.9. The van der Waals surface area contributed by atoms with E-state index in [-0.39, 0.29) is 24.2 Å². The smallest absolute Gasteiger partial charge is 0.311 e. The zero-order chi connectivity index (χ0) is 13.8. The lowest BCUT2D eigenvalue weighted by Gasteiger charge is -2.27. The second kappa shape index (κ2) is 5.83. The first kappa shape index (κ1) is 13.5. The number of hydrogen-bond acceptors (Lipinski definition) is 6. The highest BCUT2D eigenvalue weighted by atomic mass is 16.6. The van der Waals surface area contributed by atoms with Gasteiger partial charge in [-0.15, -0.1) is 0 Å². The van der Waals surface area contributed by atoms with Crippen LogP contribution in [0.25, 0.3) is 0 Å². The molecule has 1 saturated carbocycles. The SMILES string of the molecule is Nc1nc(OC2CCC(CO)CC2)ccc1[N+](=O)[O-]. The van der Waals surface area contributed by atoms with Crippen LogP contribution in [0, 0.1) is 16.0 Å². The number of ether oxygens (including phenoxy) is 1. The van der Waals surface area contributed by atoms with Crippen LogP contribution in [0.15, 0.2) is 12.1 Å². The van der Waals surface area contributed by atoms with Crippen molar-refractivity contribution in [3.8, 4) is 5.88 Å². The van der Waals surface area contributed by atoms with Gasteiger partial charge in [0.05, 0.1) is 4.92 Å². The summed E-state index contributed by atoms with van der Waals surface area (Å²) >= 11 is 0. The molecule has 7 heteroatoms. The van der Waals surface area contributed by atoms with Gasteiger partial charge in [0, 0.05) is 18.7 Å². The van der Waals surface area contributed by atoms with E-state index in [1.54, 1.807) is 0 Å². The van der Waals surface area contributed by atoms with Crippen LogP contribution >= 0.6 is 0 Å². The van der Waals surface area contributed by atoms with E-state index in [0.29, 0.717) is 11.8 Å². The summed E-state index contributed by atoms with van der Waals surface area (Å²) in [6.07, 6.45) is 3.58. The number of aliphatic hydroxyl groups is 1. The highest BCUT2D eigenvalue weighted by molar-refractivity contribution is 5.53. The van der Waals surface area contributed by atoms with Crippen molar-refractivity contribution >= 4 is 11.5 Å². The number of nitrogens with two attached hydrogens (primary N) is 1. The summed E-state index contributed by atoms with van der Waals surface area (Å²) in [5.41, 5.74) is 5.29. The molecular weight excluding hydrogens is 250 g/mol. The molecule has 0 spiro atoms. The largest absolute Gasteiger partial charge is 0.474 e. The average Bonchev–Trinajstić information content (AvgIpc) is 2.39. The first-order chi connectivity index (χ1) is 9.10. The number of aromatic nitrogens is 1. The van der Waals surface area contributed by atoms with Gasteiger partial charge in [-0.25, -0.2) is 0 Å². The van der Waals surface area contributed by atoms with Gasteiger partial charge in [-0.2, -0.15) is 4.98 Å². The number of nitrogens with zero attached hydrogens (tertiary/aromatic N) is 2. The van der Waals surface area contributed by atoms with Crippen molar-refractivity contribution in [1.82, 2.24) is 4.98 Å². The average molecular weight is 267 g/mol. The molecule has 0 amide bonds. The number of rotatable bonds is 4. The quantitative estimate of drug-likeness (QED) is 0.631. The van der Waals surface area contributed by atoms with E-state index in [1.807, 2.05) is 0 Å². The maximum Gasteiger partial charge on any atom is 0.311 e. The number of nitrogen functional groups attached to an aromatic ring is 1. The van der Waals surface area contributed by atoms with Crippen LogP contribution in [0.5, 0.6) is 5.88 Å². The molecule has 0 saturated heterocycles. The Morgan fingerprint density at radius 2 is 2.11 bits per heavy atom. The minimum Gasteiger partial charge on any atom is -0.474 e. The lowest BCUT2D eigenvalue weighted by atomic mass is 9.88. The summed E-state index contributed by atoms with van der Waals surface area (Å²) < 4.78 is 5.67.